The van der Waals surface area contributed by atoms with E-state index in [1.807, 2.05) is 5.32 Å². The highest BCUT2D eigenvalue weighted by Gasteiger charge is 2.68. The number of amides is 2. The zero-order valence-electron chi connectivity index (χ0n) is 16.0. The molecule has 0 saturated heterocycles. The summed E-state index contributed by atoms with van der Waals surface area (Å²) in [6, 6.07) is 15.4. The van der Waals surface area contributed by atoms with E-state index in [0.717, 1.165) is 17.7 Å². The Hall–Kier alpha value is -3.16. The molecule has 0 spiro atoms. The van der Waals surface area contributed by atoms with Crippen LogP contribution in [0.1, 0.15) is 41.6 Å². The predicted octanol–water partition coefficient (Wildman–Crippen LogP) is 3.91. The quantitative estimate of drug-likeness (QED) is 0.823. The van der Waals surface area contributed by atoms with Gasteiger partial charge in [-0.25, -0.2) is 4.99 Å². The molecule has 1 fully saturated rings. The lowest BCUT2D eigenvalue weighted by Gasteiger charge is -2.31. The molecule has 1 heterocycles. The Morgan fingerprint density at radius 1 is 1.00 bits per heavy atom. The van der Waals surface area contributed by atoms with Crippen molar-refractivity contribution in [1.82, 2.24) is 10.2 Å². The van der Waals surface area contributed by atoms with Crippen LogP contribution in [0.25, 0.3) is 0 Å². The first-order valence-electron chi connectivity index (χ1n) is 9.77. The summed E-state index contributed by atoms with van der Waals surface area (Å²) in [5, 5.41) is 1.91. The molecule has 1 unspecified atom stereocenters. The molecule has 0 radical (unpaired) electrons. The molecule has 2 aromatic rings. The molecular formula is C22H20F3N3O2. The van der Waals surface area contributed by atoms with Crippen molar-refractivity contribution in [3.8, 4) is 0 Å². The molecule has 4 rings (SSSR count). The van der Waals surface area contributed by atoms with Crippen molar-refractivity contribution < 1.29 is 22.8 Å². The number of nitrogens with one attached hydrogen (secondary N) is 1. The summed E-state index contributed by atoms with van der Waals surface area (Å²) in [7, 11) is 0. The fourth-order valence-corrected chi connectivity index (χ4v) is 3.99. The molecule has 5 nitrogen and oxygen atoms in total. The van der Waals surface area contributed by atoms with Crippen LogP contribution in [0.3, 0.4) is 0 Å². The number of nitrogens with zero attached hydrogens (tertiary/aromatic N) is 2. The Morgan fingerprint density at radius 3 is 2.13 bits per heavy atom. The molecule has 2 amide bonds. The second kappa shape index (κ2) is 7.59. The van der Waals surface area contributed by atoms with Crippen LogP contribution in [0.4, 0.5) is 13.2 Å². The van der Waals surface area contributed by atoms with E-state index >= 15 is 0 Å². The monoisotopic (exact) mass is 415 g/mol. The van der Waals surface area contributed by atoms with Crippen LogP contribution in [0.15, 0.2) is 65.7 Å². The highest BCUT2D eigenvalue weighted by molar-refractivity contribution is 6.17. The van der Waals surface area contributed by atoms with E-state index in [2.05, 4.69) is 4.99 Å². The van der Waals surface area contributed by atoms with Crippen molar-refractivity contribution in [2.45, 2.75) is 43.6 Å². The fraction of sp³-hybridized carbons (Fsp3) is 0.318. The summed E-state index contributed by atoms with van der Waals surface area (Å²) < 4.78 is 43.0. The number of hydrogen-bond donors (Lipinski definition) is 1. The highest BCUT2D eigenvalue weighted by atomic mass is 19.4. The van der Waals surface area contributed by atoms with Crippen LogP contribution in [0, 0.1) is 0 Å². The number of rotatable bonds is 4. The number of aliphatic imine (C=N–C) groups is 1. The average molecular weight is 415 g/mol. The van der Waals surface area contributed by atoms with Gasteiger partial charge >= 0.3 is 11.8 Å². The van der Waals surface area contributed by atoms with Gasteiger partial charge in [0.2, 0.25) is 0 Å². The molecule has 2 aliphatic rings. The van der Waals surface area contributed by atoms with Gasteiger partial charge in [-0.3, -0.25) is 14.5 Å². The van der Waals surface area contributed by atoms with Gasteiger partial charge in [-0.1, -0.05) is 61.4 Å². The highest BCUT2D eigenvalue weighted by Crippen LogP contribution is 2.41. The molecule has 1 aliphatic carbocycles. The van der Waals surface area contributed by atoms with E-state index in [0.29, 0.717) is 18.4 Å². The maximum atomic E-state index is 14.3. The first kappa shape index (κ1) is 20.1. The third-order valence-corrected chi connectivity index (χ3v) is 5.49. The van der Waals surface area contributed by atoms with Crippen molar-refractivity contribution in [3.63, 3.8) is 0 Å². The van der Waals surface area contributed by atoms with Gasteiger partial charge in [0, 0.05) is 17.2 Å². The van der Waals surface area contributed by atoms with Gasteiger partial charge in [-0.15, -0.1) is 0 Å². The topological polar surface area (TPSA) is 61.8 Å². The minimum absolute atomic E-state index is 0.0182. The molecule has 1 atom stereocenters. The first-order valence-corrected chi connectivity index (χ1v) is 9.77. The van der Waals surface area contributed by atoms with E-state index in [9.17, 15) is 22.8 Å². The first-order chi connectivity index (χ1) is 14.3. The van der Waals surface area contributed by atoms with Crippen molar-refractivity contribution in [2.75, 3.05) is 0 Å². The van der Waals surface area contributed by atoms with Crippen LogP contribution in [0.5, 0.6) is 0 Å². The lowest BCUT2D eigenvalue weighted by molar-refractivity contribution is -0.196. The fourth-order valence-electron chi connectivity index (χ4n) is 3.99. The van der Waals surface area contributed by atoms with Gasteiger partial charge in [0.05, 0.1) is 0 Å². The summed E-state index contributed by atoms with van der Waals surface area (Å²) in [5.41, 5.74) is -2.93. The number of benzene rings is 2. The normalized spacial score (nSPS) is 22.3. The Balaban J connectivity index is 1.81. The number of alkyl halides is 3. The maximum Gasteiger partial charge on any atom is 0.442 e. The number of halogens is 3. The summed E-state index contributed by atoms with van der Waals surface area (Å²) in [6.07, 6.45) is -2.27. The van der Waals surface area contributed by atoms with Crippen molar-refractivity contribution >= 4 is 17.6 Å². The van der Waals surface area contributed by atoms with Gasteiger partial charge in [0.25, 0.3) is 11.8 Å². The Kier molecular flexibility index (Phi) is 5.09. The predicted molar refractivity (Wildman–Crippen MR) is 105 cm³/mol. The minimum Gasteiger partial charge on any atom is -0.312 e. The zero-order chi connectivity index (χ0) is 21.4. The van der Waals surface area contributed by atoms with E-state index in [1.165, 1.54) is 24.3 Å². The number of amidine groups is 1. The molecule has 156 valence electrons. The van der Waals surface area contributed by atoms with Crippen LogP contribution >= 0.6 is 0 Å². The Morgan fingerprint density at radius 2 is 1.57 bits per heavy atom. The van der Waals surface area contributed by atoms with Crippen LogP contribution in [0.2, 0.25) is 0 Å². The summed E-state index contributed by atoms with van der Waals surface area (Å²) in [4.78, 5) is 30.9. The van der Waals surface area contributed by atoms with Crippen molar-refractivity contribution in [1.29, 1.82) is 0 Å². The van der Waals surface area contributed by atoms with E-state index in [-0.39, 0.29) is 17.4 Å². The summed E-state index contributed by atoms with van der Waals surface area (Å²) in [6.45, 7) is 0. The minimum atomic E-state index is -5.11. The van der Waals surface area contributed by atoms with E-state index in [1.54, 1.807) is 36.4 Å². The van der Waals surface area contributed by atoms with Crippen LogP contribution in [-0.2, 0) is 4.79 Å². The van der Waals surface area contributed by atoms with Gasteiger partial charge < -0.3 is 5.32 Å². The van der Waals surface area contributed by atoms with Crippen molar-refractivity contribution in [2.24, 2.45) is 4.99 Å². The average Bonchev–Trinajstić information content (AvgIpc) is 3.36. The molecule has 8 heteroatoms. The van der Waals surface area contributed by atoms with Crippen molar-refractivity contribution in [3.05, 3.63) is 71.8 Å². The number of carbonyl (C=O) groups excluding carboxylic acids is 2. The third-order valence-electron chi connectivity index (χ3n) is 5.49. The SMILES string of the molecule is O=C(NC1(C(F)(F)F)N=C(c2ccccc2)N(C2CCCC2)C1=O)c1ccccc1. The second-order valence-electron chi connectivity index (χ2n) is 7.44. The molecule has 1 saturated carbocycles. The molecular weight excluding hydrogens is 395 g/mol. The van der Waals surface area contributed by atoms with Crippen LogP contribution < -0.4 is 5.32 Å². The number of carbonyl (C=O) groups is 2. The molecule has 1 aliphatic heterocycles. The lowest BCUT2D eigenvalue weighted by Crippen LogP contribution is -2.64. The molecule has 2 aromatic carbocycles. The van der Waals surface area contributed by atoms with Crippen LogP contribution in [-0.4, -0.2) is 40.4 Å². The second-order valence-corrected chi connectivity index (χ2v) is 7.44. The maximum absolute atomic E-state index is 14.3. The summed E-state index contributed by atoms with van der Waals surface area (Å²) >= 11 is 0. The third kappa shape index (κ3) is 3.36. The van der Waals surface area contributed by atoms with E-state index in [4.69, 9.17) is 0 Å². The summed E-state index contributed by atoms with van der Waals surface area (Å²) in [5.74, 6) is -2.33. The lowest BCUT2D eigenvalue weighted by atomic mass is 10.1. The van der Waals surface area contributed by atoms with Gasteiger partial charge in [0.1, 0.15) is 5.84 Å². The molecule has 0 bridgehead atoms. The Labute approximate surface area is 171 Å². The van der Waals surface area contributed by atoms with Gasteiger partial charge in [-0.2, -0.15) is 13.2 Å². The largest absolute Gasteiger partial charge is 0.442 e. The van der Waals surface area contributed by atoms with Gasteiger partial charge in [0.15, 0.2) is 0 Å². The zero-order valence-corrected chi connectivity index (χ0v) is 16.0. The molecule has 0 aromatic heterocycles. The Bertz CT molecular complexity index is 970. The number of hydrogen-bond acceptors (Lipinski definition) is 3. The molecule has 1 N–H and O–H groups in total. The smallest absolute Gasteiger partial charge is 0.312 e. The van der Waals surface area contributed by atoms with Gasteiger partial charge in [-0.05, 0) is 25.0 Å². The van der Waals surface area contributed by atoms with E-state index < -0.39 is 23.7 Å². The molecule has 30 heavy (non-hydrogen) atoms. The standard InChI is InChI=1S/C22H20F3N3O2/c23-22(24,25)21(27-19(29)16-11-5-2-6-12-16)20(30)28(17-13-7-8-14-17)18(26-21)15-9-3-1-4-10-15/h1-6,9-12,17H,7-8,13-14H2,(H,27,29).